The van der Waals surface area contributed by atoms with Crippen LogP contribution in [0.3, 0.4) is 0 Å². The van der Waals surface area contributed by atoms with Crippen molar-refractivity contribution in [3.63, 3.8) is 0 Å². The van der Waals surface area contributed by atoms with Crippen LogP contribution in [-0.2, 0) is 0 Å². The minimum atomic E-state index is -0.266. The molecule has 2 atom stereocenters. The summed E-state index contributed by atoms with van der Waals surface area (Å²) in [7, 11) is 0. The minimum absolute atomic E-state index is 0.266. The van der Waals surface area contributed by atoms with Crippen LogP contribution in [-0.4, -0.2) is 36.1 Å². The molecule has 3 heteroatoms. The third kappa shape index (κ3) is 3.96. The van der Waals surface area contributed by atoms with E-state index in [0.29, 0.717) is 6.04 Å². The molecule has 0 heterocycles. The van der Waals surface area contributed by atoms with Crippen molar-refractivity contribution < 1.29 is 0 Å². The summed E-state index contributed by atoms with van der Waals surface area (Å²) in [5.41, 5.74) is -0.266. The van der Waals surface area contributed by atoms with E-state index in [4.69, 9.17) is 0 Å². The van der Waals surface area contributed by atoms with E-state index < -0.39 is 0 Å². The summed E-state index contributed by atoms with van der Waals surface area (Å²) in [5, 5.41) is 12.9. The highest BCUT2D eigenvalue weighted by molar-refractivity contribution is 5.11. The number of nitriles is 1. The van der Waals surface area contributed by atoms with Gasteiger partial charge >= 0.3 is 0 Å². The van der Waals surface area contributed by atoms with E-state index >= 15 is 0 Å². The van der Waals surface area contributed by atoms with Gasteiger partial charge in [-0.15, -0.1) is 0 Å². The molecule has 1 saturated carbocycles. The summed E-state index contributed by atoms with van der Waals surface area (Å²) in [6, 6.07) is 3.14. The molecule has 1 aliphatic carbocycles. The van der Waals surface area contributed by atoms with E-state index in [2.05, 4.69) is 37.1 Å². The summed E-state index contributed by atoms with van der Waals surface area (Å²) in [4.78, 5) is 2.60. The molecule has 104 valence electrons. The second-order valence-corrected chi connectivity index (χ2v) is 5.51. The molecule has 0 saturated heterocycles. The third-order valence-electron chi connectivity index (χ3n) is 3.99. The molecule has 0 aromatic rings. The van der Waals surface area contributed by atoms with Crippen LogP contribution in [0.2, 0.25) is 0 Å². The minimum Gasteiger partial charge on any atom is -0.300 e. The highest BCUT2D eigenvalue weighted by Gasteiger charge is 2.37. The topological polar surface area (TPSA) is 39.1 Å². The maximum Gasteiger partial charge on any atom is 0.108 e. The molecule has 3 nitrogen and oxygen atoms in total. The van der Waals surface area contributed by atoms with Crippen molar-refractivity contribution in [3.05, 3.63) is 0 Å². The second kappa shape index (κ2) is 7.76. The first-order valence-electron chi connectivity index (χ1n) is 7.61. The number of nitrogens with one attached hydrogen (secondary N) is 1. The first kappa shape index (κ1) is 15.5. The van der Waals surface area contributed by atoms with Crippen LogP contribution in [0.25, 0.3) is 0 Å². The largest absolute Gasteiger partial charge is 0.300 e. The fraction of sp³-hybridized carbons (Fsp3) is 0.933. The highest BCUT2D eigenvalue weighted by atomic mass is 15.2. The van der Waals surface area contributed by atoms with Crippen LogP contribution >= 0.6 is 0 Å². The van der Waals surface area contributed by atoms with Gasteiger partial charge in [-0.25, -0.2) is 0 Å². The molecule has 0 aromatic carbocycles. The van der Waals surface area contributed by atoms with Crippen LogP contribution in [0, 0.1) is 11.3 Å². The fourth-order valence-electron chi connectivity index (χ4n) is 3.25. The van der Waals surface area contributed by atoms with Crippen molar-refractivity contribution in [2.75, 3.05) is 19.6 Å². The van der Waals surface area contributed by atoms with Gasteiger partial charge in [0, 0.05) is 6.04 Å². The van der Waals surface area contributed by atoms with E-state index in [-0.39, 0.29) is 5.54 Å². The van der Waals surface area contributed by atoms with Crippen molar-refractivity contribution in [3.8, 4) is 6.07 Å². The van der Waals surface area contributed by atoms with Crippen LogP contribution < -0.4 is 5.32 Å². The van der Waals surface area contributed by atoms with Crippen molar-refractivity contribution in [2.45, 2.75) is 70.9 Å². The van der Waals surface area contributed by atoms with Gasteiger partial charge in [-0.1, -0.05) is 20.8 Å². The summed E-state index contributed by atoms with van der Waals surface area (Å²) >= 11 is 0. The van der Waals surface area contributed by atoms with Gasteiger partial charge in [0.1, 0.15) is 5.54 Å². The maximum atomic E-state index is 9.50. The van der Waals surface area contributed by atoms with Gasteiger partial charge in [-0.05, 0) is 58.2 Å². The molecular formula is C15H29N3. The third-order valence-corrected chi connectivity index (χ3v) is 3.99. The van der Waals surface area contributed by atoms with Gasteiger partial charge in [0.15, 0.2) is 0 Å². The Bertz CT molecular complexity index is 261. The molecule has 0 radical (unpaired) electrons. The Balaban J connectivity index is 2.68. The summed E-state index contributed by atoms with van der Waals surface area (Å²) in [5.74, 6) is 0. The van der Waals surface area contributed by atoms with Gasteiger partial charge in [0.05, 0.1) is 6.07 Å². The standard InChI is InChI=1S/C15H29N3/c1-4-10-18(11-5-2)14-8-7-9-15(12-14,13-16)17-6-3/h14,17H,4-12H2,1-3H3. The lowest BCUT2D eigenvalue weighted by molar-refractivity contribution is 0.120. The molecule has 1 fully saturated rings. The summed E-state index contributed by atoms with van der Waals surface area (Å²) in [6.45, 7) is 9.82. The monoisotopic (exact) mass is 251 g/mol. The molecule has 0 aliphatic heterocycles. The molecule has 0 aromatic heterocycles. The predicted molar refractivity (Wildman–Crippen MR) is 76.4 cm³/mol. The summed E-state index contributed by atoms with van der Waals surface area (Å²) < 4.78 is 0. The molecular weight excluding hydrogens is 222 g/mol. The zero-order valence-corrected chi connectivity index (χ0v) is 12.3. The Kier molecular flexibility index (Phi) is 6.67. The smallest absolute Gasteiger partial charge is 0.108 e. The first-order chi connectivity index (χ1) is 8.71. The van der Waals surface area contributed by atoms with E-state index in [0.717, 1.165) is 19.4 Å². The Morgan fingerprint density at radius 3 is 2.44 bits per heavy atom. The van der Waals surface area contributed by atoms with Crippen LogP contribution in [0.4, 0.5) is 0 Å². The number of nitrogens with zero attached hydrogens (tertiary/aromatic N) is 2. The molecule has 1 rings (SSSR count). The second-order valence-electron chi connectivity index (χ2n) is 5.51. The lowest BCUT2D eigenvalue weighted by Crippen LogP contribution is -2.53. The van der Waals surface area contributed by atoms with Gasteiger partial charge in [-0.3, -0.25) is 5.32 Å². The van der Waals surface area contributed by atoms with Crippen molar-refractivity contribution in [1.29, 1.82) is 5.26 Å². The van der Waals surface area contributed by atoms with Gasteiger partial charge in [0.2, 0.25) is 0 Å². The number of hydrogen-bond acceptors (Lipinski definition) is 3. The quantitative estimate of drug-likeness (QED) is 0.756. The van der Waals surface area contributed by atoms with Crippen molar-refractivity contribution in [2.24, 2.45) is 0 Å². The molecule has 0 amide bonds. The Morgan fingerprint density at radius 2 is 1.94 bits per heavy atom. The average Bonchev–Trinajstić information content (AvgIpc) is 2.39. The Hall–Kier alpha value is -0.590. The van der Waals surface area contributed by atoms with Crippen LogP contribution in [0.15, 0.2) is 0 Å². The van der Waals surface area contributed by atoms with E-state index in [1.807, 2.05) is 0 Å². The Labute approximate surface area is 113 Å². The molecule has 0 bridgehead atoms. The number of hydrogen-bond donors (Lipinski definition) is 1. The number of rotatable bonds is 7. The molecule has 1 aliphatic rings. The average molecular weight is 251 g/mol. The van der Waals surface area contributed by atoms with Gasteiger partial charge in [-0.2, -0.15) is 5.26 Å². The van der Waals surface area contributed by atoms with E-state index in [1.54, 1.807) is 0 Å². The summed E-state index contributed by atoms with van der Waals surface area (Å²) in [6.07, 6.45) is 6.86. The zero-order chi connectivity index (χ0) is 13.4. The van der Waals surface area contributed by atoms with Crippen molar-refractivity contribution >= 4 is 0 Å². The predicted octanol–water partition coefficient (Wildman–Crippen LogP) is 2.92. The lowest BCUT2D eigenvalue weighted by Gasteiger charge is -2.41. The molecule has 18 heavy (non-hydrogen) atoms. The molecule has 2 unspecified atom stereocenters. The molecule has 1 N–H and O–H groups in total. The highest BCUT2D eigenvalue weighted by Crippen LogP contribution is 2.31. The maximum absolute atomic E-state index is 9.50. The van der Waals surface area contributed by atoms with E-state index in [9.17, 15) is 5.26 Å². The van der Waals surface area contributed by atoms with Crippen molar-refractivity contribution in [1.82, 2.24) is 10.2 Å². The van der Waals surface area contributed by atoms with Crippen LogP contribution in [0.1, 0.15) is 59.3 Å². The van der Waals surface area contributed by atoms with Gasteiger partial charge in [0.25, 0.3) is 0 Å². The van der Waals surface area contributed by atoms with Gasteiger partial charge < -0.3 is 4.90 Å². The van der Waals surface area contributed by atoms with E-state index in [1.165, 1.54) is 38.8 Å². The fourth-order valence-corrected chi connectivity index (χ4v) is 3.25. The SMILES string of the molecule is CCCN(CCC)C1CCCC(C#N)(NCC)C1. The first-order valence-corrected chi connectivity index (χ1v) is 7.61. The van der Waals surface area contributed by atoms with Crippen LogP contribution in [0.5, 0.6) is 0 Å². The normalized spacial score (nSPS) is 28.3. The Morgan fingerprint density at radius 1 is 1.28 bits per heavy atom. The zero-order valence-electron chi connectivity index (χ0n) is 12.3. The molecule has 0 spiro atoms. The lowest BCUT2D eigenvalue weighted by atomic mass is 9.79.